The van der Waals surface area contributed by atoms with Crippen molar-refractivity contribution in [2.75, 3.05) is 40.0 Å². The molecule has 0 aromatic rings. The zero-order valence-electron chi connectivity index (χ0n) is 10.2. The summed E-state index contributed by atoms with van der Waals surface area (Å²) in [4.78, 5) is 0. The normalized spacial score (nSPS) is 18.8. The monoisotopic (exact) mass is 215 g/mol. The van der Waals surface area contributed by atoms with Gasteiger partial charge in [-0.2, -0.15) is 0 Å². The van der Waals surface area contributed by atoms with E-state index in [1.807, 2.05) is 0 Å². The summed E-state index contributed by atoms with van der Waals surface area (Å²) in [5.74, 6) is 0. The third-order valence-corrected chi connectivity index (χ3v) is 3.17. The molecule has 0 heterocycles. The van der Waals surface area contributed by atoms with E-state index in [0.29, 0.717) is 5.41 Å². The summed E-state index contributed by atoms with van der Waals surface area (Å²) in [5.41, 5.74) is 0.579. The SMILES string of the molecule is COCCCOCCNCC1(C)CCC1. The molecule has 0 amide bonds. The standard InChI is InChI=1S/C12H25NO2/c1-12(5-3-6-12)11-13-7-10-15-9-4-8-14-2/h13H,3-11H2,1-2H3. The lowest BCUT2D eigenvalue weighted by Crippen LogP contribution is -2.38. The Morgan fingerprint density at radius 2 is 2.00 bits per heavy atom. The van der Waals surface area contributed by atoms with Crippen LogP contribution in [0.3, 0.4) is 0 Å². The molecule has 15 heavy (non-hydrogen) atoms. The van der Waals surface area contributed by atoms with Crippen LogP contribution in [-0.2, 0) is 9.47 Å². The Balaban J connectivity index is 1.77. The van der Waals surface area contributed by atoms with E-state index in [9.17, 15) is 0 Å². The van der Waals surface area contributed by atoms with Crippen LogP contribution in [0.2, 0.25) is 0 Å². The van der Waals surface area contributed by atoms with E-state index in [0.717, 1.165) is 39.3 Å². The second kappa shape index (κ2) is 7.20. The molecule has 1 N–H and O–H groups in total. The minimum atomic E-state index is 0.579. The highest BCUT2D eigenvalue weighted by Crippen LogP contribution is 2.39. The van der Waals surface area contributed by atoms with Gasteiger partial charge in [0.05, 0.1) is 6.61 Å². The maximum Gasteiger partial charge on any atom is 0.0590 e. The molecule has 0 atom stereocenters. The van der Waals surface area contributed by atoms with E-state index in [4.69, 9.17) is 9.47 Å². The van der Waals surface area contributed by atoms with Crippen molar-refractivity contribution in [3.63, 3.8) is 0 Å². The number of hydrogen-bond acceptors (Lipinski definition) is 3. The van der Waals surface area contributed by atoms with Gasteiger partial charge in [0.2, 0.25) is 0 Å². The molecule has 1 aliphatic rings. The Kier molecular flexibility index (Phi) is 6.22. The lowest BCUT2D eigenvalue weighted by atomic mass is 9.70. The van der Waals surface area contributed by atoms with Gasteiger partial charge in [-0.3, -0.25) is 0 Å². The first-order valence-corrected chi connectivity index (χ1v) is 6.04. The average Bonchev–Trinajstić information content (AvgIpc) is 2.19. The summed E-state index contributed by atoms with van der Waals surface area (Å²) in [5, 5.41) is 3.46. The first-order chi connectivity index (χ1) is 7.27. The van der Waals surface area contributed by atoms with Crippen molar-refractivity contribution in [3.05, 3.63) is 0 Å². The molecule has 1 aliphatic carbocycles. The molecular weight excluding hydrogens is 190 g/mol. The summed E-state index contributed by atoms with van der Waals surface area (Å²) in [7, 11) is 1.72. The quantitative estimate of drug-likeness (QED) is 0.595. The molecule has 3 nitrogen and oxygen atoms in total. The maximum absolute atomic E-state index is 5.46. The van der Waals surface area contributed by atoms with E-state index in [-0.39, 0.29) is 0 Å². The van der Waals surface area contributed by atoms with Gasteiger partial charge in [-0.1, -0.05) is 13.3 Å². The summed E-state index contributed by atoms with van der Waals surface area (Å²) in [6.07, 6.45) is 5.17. The van der Waals surface area contributed by atoms with Gasteiger partial charge < -0.3 is 14.8 Å². The van der Waals surface area contributed by atoms with Crippen molar-refractivity contribution in [2.45, 2.75) is 32.6 Å². The number of ether oxygens (including phenoxy) is 2. The van der Waals surface area contributed by atoms with E-state index in [2.05, 4.69) is 12.2 Å². The van der Waals surface area contributed by atoms with E-state index in [1.165, 1.54) is 19.3 Å². The van der Waals surface area contributed by atoms with Crippen LogP contribution >= 0.6 is 0 Å². The van der Waals surface area contributed by atoms with Crippen LogP contribution in [0.4, 0.5) is 0 Å². The average molecular weight is 215 g/mol. The molecular formula is C12H25NO2. The van der Waals surface area contributed by atoms with Crippen LogP contribution in [0.5, 0.6) is 0 Å². The first-order valence-electron chi connectivity index (χ1n) is 6.04. The highest BCUT2D eigenvalue weighted by atomic mass is 16.5. The molecule has 0 radical (unpaired) electrons. The van der Waals surface area contributed by atoms with Crippen LogP contribution in [0.1, 0.15) is 32.6 Å². The van der Waals surface area contributed by atoms with Crippen LogP contribution in [-0.4, -0.2) is 40.0 Å². The zero-order chi connectivity index (χ0) is 11.0. The van der Waals surface area contributed by atoms with Crippen LogP contribution < -0.4 is 5.32 Å². The molecule has 90 valence electrons. The van der Waals surface area contributed by atoms with Gasteiger partial charge in [0.1, 0.15) is 0 Å². The number of nitrogens with one attached hydrogen (secondary N) is 1. The van der Waals surface area contributed by atoms with E-state index in [1.54, 1.807) is 7.11 Å². The molecule has 0 unspecified atom stereocenters. The third-order valence-electron chi connectivity index (χ3n) is 3.17. The molecule has 0 aromatic carbocycles. The lowest BCUT2D eigenvalue weighted by Gasteiger charge is -2.38. The molecule has 1 saturated carbocycles. The van der Waals surface area contributed by atoms with Crippen molar-refractivity contribution >= 4 is 0 Å². The van der Waals surface area contributed by atoms with Gasteiger partial charge in [-0.25, -0.2) is 0 Å². The van der Waals surface area contributed by atoms with Gasteiger partial charge in [0.15, 0.2) is 0 Å². The summed E-state index contributed by atoms with van der Waals surface area (Å²) in [6.45, 7) is 6.91. The van der Waals surface area contributed by atoms with Gasteiger partial charge in [-0.15, -0.1) is 0 Å². The van der Waals surface area contributed by atoms with Crippen LogP contribution in [0.25, 0.3) is 0 Å². The summed E-state index contributed by atoms with van der Waals surface area (Å²) >= 11 is 0. The second-order valence-corrected chi connectivity index (χ2v) is 4.80. The van der Waals surface area contributed by atoms with E-state index >= 15 is 0 Å². The zero-order valence-corrected chi connectivity index (χ0v) is 10.2. The topological polar surface area (TPSA) is 30.5 Å². The molecule has 1 rings (SSSR count). The van der Waals surface area contributed by atoms with Gasteiger partial charge in [0.25, 0.3) is 0 Å². The minimum Gasteiger partial charge on any atom is -0.385 e. The minimum absolute atomic E-state index is 0.579. The molecule has 0 spiro atoms. The smallest absolute Gasteiger partial charge is 0.0590 e. The Morgan fingerprint density at radius 1 is 1.20 bits per heavy atom. The van der Waals surface area contributed by atoms with Crippen molar-refractivity contribution in [1.29, 1.82) is 0 Å². The van der Waals surface area contributed by atoms with Crippen LogP contribution in [0.15, 0.2) is 0 Å². The van der Waals surface area contributed by atoms with Gasteiger partial charge in [0, 0.05) is 33.4 Å². The van der Waals surface area contributed by atoms with Crippen LogP contribution in [0, 0.1) is 5.41 Å². The number of rotatable bonds is 9. The number of hydrogen-bond donors (Lipinski definition) is 1. The predicted molar refractivity (Wildman–Crippen MR) is 62.1 cm³/mol. The fourth-order valence-electron chi connectivity index (χ4n) is 1.90. The lowest BCUT2D eigenvalue weighted by molar-refractivity contribution is 0.0983. The highest BCUT2D eigenvalue weighted by molar-refractivity contribution is 4.84. The van der Waals surface area contributed by atoms with Crippen molar-refractivity contribution in [1.82, 2.24) is 5.32 Å². The first kappa shape index (κ1) is 12.9. The largest absolute Gasteiger partial charge is 0.385 e. The Labute approximate surface area is 93.5 Å². The van der Waals surface area contributed by atoms with Gasteiger partial charge >= 0.3 is 0 Å². The summed E-state index contributed by atoms with van der Waals surface area (Å²) < 4.78 is 10.4. The van der Waals surface area contributed by atoms with Gasteiger partial charge in [-0.05, 0) is 24.7 Å². The Hall–Kier alpha value is -0.120. The number of methoxy groups -OCH3 is 1. The van der Waals surface area contributed by atoms with Crippen molar-refractivity contribution in [2.24, 2.45) is 5.41 Å². The molecule has 0 saturated heterocycles. The Morgan fingerprint density at radius 3 is 2.60 bits per heavy atom. The second-order valence-electron chi connectivity index (χ2n) is 4.80. The summed E-state index contributed by atoms with van der Waals surface area (Å²) in [6, 6.07) is 0. The molecule has 0 bridgehead atoms. The fraction of sp³-hybridized carbons (Fsp3) is 1.00. The predicted octanol–water partition coefficient (Wildman–Crippen LogP) is 1.82. The molecule has 3 heteroatoms. The molecule has 0 aliphatic heterocycles. The highest BCUT2D eigenvalue weighted by Gasteiger charge is 2.30. The Bertz CT molecular complexity index is 158. The third kappa shape index (κ3) is 5.50. The fourth-order valence-corrected chi connectivity index (χ4v) is 1.90. The maximum atomic E-state index is 5.46. The molecule has 1 fully saturated rings. The van der Waals surface area contributed by atoms with E-state index < -0.39 is 0 Å². The molecule has 0 aromatic heterocycles. The van der Waals surface area contributed by atoms with Crippen molar-refractivity contribution in [3.8, 4) is 0 Å². The van der Waals surface area contributed by atoms with Crippen molar-refractivity contribution < 1.29 is 9.47 Å².